The maximum atomic E-state index is 13.0. The fraction of sp³-hybridized carbons (Fsp3) is 0.444. The number of nitrogens with zero attached hydrogens (tertiary/aromatic N) is 1. The molecule has 9 heteroatoms. The van der Waals surface area contributed by atoms with Crippen LogP contribution >= 0.6 is 0 Å². The van der Waals surface area contributed by atoms with Gasteiger partial charge < -0.3 is 15.8 Å². The Kier molecular flexibility index (Phi) is 5.52. The van der Waals surface area contributed by atoms with E-state index in [4.69, 9.17) is 10.5 Å². The lowest BCUT2D eigenvalue weighted by Crippen LogP contribution is -2.53. The van der Waals surface area contributed by atoms with E-state index in [1.54, 1.807) is 18.2 Å². The second kappa shape index (κ2) is 7.85. The van der Waals surface area contributed by atoms with Gasteiger partial charge in [0.15, 0.2) is 6.23 Å². The first-order valence-corrected chi connectivity index (χ1v) is 8.82. The number of carbonyl (C=O) groups is 4. The van der Waals surface area contributed by atoms with E-state index in [0.29, 0.717) is 29.8 Å². The predicted octanol–water partition coefficient (Wildman–Crippen LogP) is 0.270. The lowest BCUT2D eigenvalue weighted by Gasteiger charge is -2.34. The molecule has 4 amide bonds. The monoisotopic (exact) mass is 374 g/mol. The summed E-state index contributed by atoms with van der Waals surface area (Å²) in [5.74, 6) is -1.54. The number of carbonyl (C=O) groups excluding carboxylic acids is 4. The molecule has 2 atom stereocenters. The lowest BCUT2D eigenvalue weighted by molar-refractivity contribution is -0.141. The number of hydrogen-bond acceptors (Lipinski definition) is 6. The van der Waals surface area contributed by atoms with Crippen LogP contribution in [0.2, 0.25) is 0 Å². The molecule has 3 rings (SSSR count). The van der Waals surface area contributed by atoms with Gasteiger partial charge in [-0.3, -0.25) is 29.4 Å². The van der Waals surface area contributed by atoms with E-state index in [2.05, 4.69) is 10.6 Å². The molecular formula is C18H22N4O5. The Balaban J connectivity index is 2.00. The van der Waals surface area contributed by atoms with Crippen molar-refractivity contribution in [2.45, 2.75) is 38.5 Å². The molecular weight excluding hydrogens is 352 g/mol. The Bertz CT molecular complexity index is 794. The van der Waals surface area contributed by atoms with Gasteiger partial charge in [0.1, 0.15) is 6.04 Å². The Morgan fingerprint density at radius 1 is 1.37 bits per heavy atom. The minimum absolute atomic E-state index is 0.143. The van der Waals surface area contributed by atoms with Gasteiger partial charge in [-0.1, -0.05) is 6.07 Å². The standard InChI is InChI=1S/C18H22N4O5/c1-10(23)20-12-5-2-4-11-15(12)18(27-9-3-8-19)22(17(11)26)13-6-7-14(24)21-16(13)25/h2,4-5,13,18H,3,6-9,19H2,1H3,(H,20,23)(H,21,24,25). The van der Waals surface area contributed by atoms with Crippen LogP contribution in [0.4, 0.5) is 5.69 Å². The van der Waals surface area contributed by atoms with Crippen LogP contribution < -0.4 is 16.4 Å². The van der Waals surface area contributed by atoms with E-state index in [0.717, 1.165) is 0 Å². The van der Waals surface area contributed by atoms with E-state index in [1.165, 1.54) is 11.8 Å². The van der Waals surface area contributed by atoms with Gasteiger partial charge in [0.05, 0.1) is 6.61 Å². The van der Waals surface area contributed by atoms with Gasteiger partial charge in [-0.2, -0.15) is 0 Å². The first kappa shape index (κ1) is 19.0. The van der Waals surface area contributed by atoms with Crippen LogP contribution in [-0.2, 0) is 19.1 Å². The fourth-order valence-electron chi connectivity index (χ4n) is 3.40. The first-order valence-electron chi connectivity index (χ1n) is 8.82. The number of nitrogens with one attached hydrogen (secondary N) is 2. The quantitative estimate of drug-likeness (QED) is 0.484. The van der Waals surface area contributed by atoms with Gasteiger partial charge in [-0.25, -0.2) is 0 Å². The minimum Gasteiger partial charge on any atom is -0.354 e. The number of benzene rings is 1. The lowest BCUT2D eigenvalue weighted by atomic mass is 10.0. The zero-order chi connectivity index (χ0) is 19.6. The van der Waals surface area contributed by atoms with Crippen LogP contribution in [0.5, 0.6) is 0 Å². The Morgan fingerprint density at radius 2 is 2.15 bits per heavy atom. The van der Waals surface area contributed by atoms with Gasteiger partial charge in [0.25, 0.3) is 5.91 Å². The van der Waals surface area contributed by atoms with E-state index in [1.807, 2.05) is 0 Å². The summed E-state index contributed by atoms with van der Waals surface area (Å²) in [5, 5.41) is 4.98. The van der Waals surface area contributed by atoms with Crippen molar-refractivity contribution in [2.75, 3.05) is 18.5 Å². The van der Waals surface area contributed by atoms with Crippen molar-refractivity contribution < 1.29 is 23.9 Å². The zero-order valence-electron chi connectivity index (χ0n) is 15.0. The number of nitrogens with two attached hydrogens (primary N) is 1. The largest absolute Gasteiger partial charge is 0.354 e. The Morgan fingerprint density at radius 3 is 2.81 bits per heavy atom. The van der Waals surface area contributed by atoms with Gasteiger partial charge in [0.2, 0.25) is 17.7 Å². The summed E-state index contributed by atoms with van der Waals surface area (Å²) in [6.07, 6.45) is 0.0956. The number of ether oxygens (including phenoxy) is 1. The second-order valence-electron chi connectivity index (χ2n) is 6.49. The molecule has 2 aliphatic rings. The second-order valence-corrected chi connectivity index (χ2v) is 6.49. The highest BCUT2D eigenvalue weighted by atomic mass is 16.5. The number of fused-ring (bicyclic) bond motifs is 1. The molecule has 27 heavy (non-hydrogen) atoms. The molecule has 1 aromatic carbocycles. The van der Waals surface area contributed by atoms with Crippen molar-refractivity contribution >= 4 is 29.3 Å². The molecule has 144 valence electrons. The normalized spacial score (nSPS) is 21.9. The van der Waals surface area contributed by atoms with E-state index in [-0.39, 0.29) is 37.2 Å². The molecule has 0 bridgehead atoms. The smallest absolute Gasteiger partial charge is 0.257 e. The van der Waals surface area contributed by atoms with Crippen LogP contribution in [0.15, 0.2) is 18.2 Å². The molecule has 2 aliphatic heterocycles. The summed E-state index contributed by atoms with van der Waals surface area (Å²) in [6, 6.07) is 4.15. The van der Waals surface area contributed by atoms with Crippen molar-refractivity contribution in [2.24, 2.45) is 5.73 Å². The molecule has 4 N–H and O–H groups in total. The van der Waals surface area contributed by atoms with Crippen molar-refractivity contribution in [1.29, 1.82) is 0 Å². The molecule has 0 saturated carbocycles. The van der Waals surface area contributed by atoms with Crippen molar-refractivity contribution in [1.82, 2.24) is 10.2 Å². The third kappa shape index (κ3) is 3.69. The summed E-state index contributed by atoms with van der Waals surface area (Å²) in [7, 11) is 0. The Hall–Kier alpha value is -2.78. The van der Waals surface area contributed by atoms with Crippen LogP contribution in [0.25, 0.3) is 0 Å². The summed E-state index contributed by atoms with van der Waals surface area (Å²) in [6.45, 7) is 2.07. The molecule has 0 aromatic heterocycles. The summed E-state index contributed by atoms with van der Waals surface area (Å²) in [4.78, 5) is 49.8. The van der Waals surface area contributed by atoms with Crippen molar-refractivity contribution in [3.63, 3.8) is 0 Å². The molecule has 2 heterocycles. The number of rotatable bonds is 6. The summed E-state index contributed by atoms with van der Waals surface area (Å²) < 4.78 is 5.91. The molecule has 0 aliphatic carbocycles. The number of amides is 4. The first-order chi connectivity index (χ1) is 12.9. The number of imide groups is 1. The molecule has 2 unspecified atom stereocenters. The van der Waals surface area contributed by atoms with Gasteiger partial charge in [-0.05, 0) is 31.5 Å². The van der Waals surface area contributed by atoms with E-state index in [9.17, 15) is 19.2 Å². The molecule has 0 spiro atoms. The van der Waals surface area contributed by atoms with E-state index >= 15 is 0 Å². The molecule has 1 aromatic rings. The van der Waals surface area contributed by atoms with Crippen LogP contribution in [-0.4, -0.2) is 47.7 Å². The van der Waals surface area contributed by atoms with Crippen LogP contribution in [0.1, 0.15) is 48.3 Å². The van der Waals surface area contributed by atoms with Gasteiger partial charge in [0, 0.05) is 30.2 Å². The van der Waals surface area contributed by atoms with Gasteiger partial charge in [-0.15, -0.1) is 0 Å². The zero-order valence-corrected chi connectivity index (χ0v) is 15.0. The average molecular weight is 374 g/mol. The highest BCUT2D eigenvalue weighted by molar-refractivity contribution is 6.07. The number of piperidine rings is 1. The molecule has 1 saturated heterocycles. The van der Waals surface area contributed by atoms with Crippen LogP contribution in [0, 0.1) is 0 Å². The van der Waals surface area contributed by atoms with E-state index < -0.39 is 18.2 Å². The maximum Gasteiger partial charge on any atom is 0.257 e. The fourth-order valence-corrected chi connectivity index (χ4v) is 3.40. The molecule has 0 radical (unpaired) electrons. The third-order valence-electron chi connectivity index (χ3n) is 4.55. The number of anilines is 1. The van der Waals surface area contributed by atoms with Crippen LogP contribution in [0.3, 0.4) is 0 Å². The van der Waals surface area contributed by atoms with Gasteiger partial charge >= 0.3 is 0 Å². The third-order valence-corrected chi connectivity index (χ3v) is 4.55. The maximum absolute atomic E-state index is 13.0. The average Bonchev–Trinajstić information content (AvgIpc) is 2.88. The summed E-state index contributed by atoms with van der Waals surface area (Å²) >= 11 is 0. The number of hydrogen-bond donors (Lipinski definition) is 3. The Labute approximate surface area is 156 Å². The topological polar surface area (TPSA) is 131 Å². The highest BCUT2D eigenvalue weighted by Crippen LogP contribution is 2.41. The van der Waals surface area contributed by atoms with Crippen molar-refractivity contribution in [3.05, 3.63) is 29.3 Å². The minimum atomic E-state index is -0.842. The van der Waals surface area contributed by atoms with Crippen molar-refractivity contribution in [3.8, 4) is 0 Å². The molecule has 9 nitrogen and oxygen atoms in total. The molecule has 1 fully saturated rings. The SMILES string of the molecule is CC(=O)Nc1cccc2c1C(OCCCN)N(C1CCC(=O)NC1=O)C2=O. The summed E-state index contributed by atoms with van der Waals surface area (Å²) in [5.41, 5.74) is 6.86. The predicted molar refractivity (Wildman–Crippen MR) is 95.5 cm³/mol. The highest BCUT2D eigenvalue weighted by Gasteiger charge is 2.46.